The van der Waals surface area contributed by atoms with E-state index in [1.165, 1.54) is 36.4 Å². The van der Waals surface area contributed by atoms with Gasteiger partial charge in [-0.25, -0.2) is 4.21 Å². The highest BCUT2D eigenvalue weighted by atomic mass is 32.3. The number of carbonyl (C=O) groups is 2. The van der Waals surface area contributed by atoms with Crippen LogP contribution in [-0.2, 0) is 9.63 Å². The van der Waals surface area contributed by atoms with Gasteiger partial charge in [0.05, 0.1) is 0 Å². The summed E-state index contributed by atoms with van der Waals surface area (Å²) in [5, 5.41) is -2.99. The molecule has 0 saturated heterocycles. The predicted molar refractivity (Wildman–Crippen MR) is 84.4 cm³/mol. The van der Waals surface area contributed by atoms with Gasteiger partial charge in [0.1, 0.15) is 0 Å². The number of hydrogen-bond donors (Lipinski definition) is 2. The maximum atomic E-state index is 12.4. The van der Waals surface area contributed by atoms with Crippen LogP contribution in [0.4, 0.5) is 0 Å². The third-order valence-corrected chi connectivity index (χ3v) is 4.98. The van der Waals surface area contributed by atoms with Crippen LogP contribution in [0.5, 0.6) is 0 Å². The Morgan fingerprint density at radius 1 is 0.818 bits per heavy atom. The van der Waals surface area contributed by atoms with Crippen LogP contribution >= 0.6 is 0 Å². The Labute approximate surface area is 128 Å². The van der Waals surface area contributed by atoms with Gasteiger partial charge in [0, 0.05) is 11.1 Å². The van der Waals surface area contributed by atoms with Gasteiger partial charge >= 0.3 is 0 Å². The smallest absolute Gasteiger partial charge is 0.280 e. The molecule has 0 atom stereocenters. The summed E-state index contributed by atoms with van der Waals surface area (Å²) >= 11 is 0. The Kier molecular flexibility index (Phi) is 3.87. The molecule has 0 radical (unpaired) electrons. The van der Waals surface area contributed by atoms with Crippen LogP contribution in [-0.4, -0.2) is 23.5 Å². The van der Waals surface area contributed by atoms with E-state index in [0.29, 0.717) is 11.1 Å². The van der Waals surface area contributed by atoms with Crippen LogP contribution in [0.3, 0.4) is 0 Å². The van der Waals surface area contributed by atoms with Crippen LogP contribution in [0.15, 0.2) is 48.5 Å². The fourth-order valence-electron chi connectivity index (χ4n) is 2.05. The van der Waals surface area contributed by atoms with Gasteiger partial charge in [0.25, 0.3) is 10.2 Å². The SMILES string of the molecule is Cc1cccc(C(=O)S(=O)(O)(O)C(=O)c2cccc(C)c2)c1. The first-order chi connectivity index (χ1) is 10.1. The Morgan fingerprint density at radius 3 is 1.50 bits per heavy atom. The van der Waals surface area contributed by atoms with Crippen molar-refractivity contribution in [2.24, 2.45) is 0 Å². The molecule has 0 aromatic heterocycles. The first-order valence-corrected chi connectivity index (χ1v) is 8.37. The average Bonchev–Trinajstić information content (AvgIpc) is 2.45. The second kappa shape index (κ2) is 5.24. The zero-order chi connectivity index (χ0) is 16.6. The van der Waals surface area contributed by atoms with E-state index < -0.39 is 19.9 Å². The molecule has 0 heterocycles. The molecule has 2 rings (SSSR count). The molecule has 116 valence electrons. The lowest BCUT2D eigenvalue weighted by molar-refractivity contribution is 0.0982. The molecule has 0 bridgehead atoms. The van der Waals surface area contributed by atoms with Crippen LogP contribution in [0, 0.1) is 13.8 Å². The number of hydrogen-bond acceptors (Lipinski definition) is 3. The summed E-state index contributed by atoms with van der Waals surface area (Å²) < 4.78 is 32.5. The van der Waals surface area contributed by atoms with E-state index in [9.17, 15) is 22.9 Å². The Morgan fingerprint density at radius 2 is 1.18 bits per heavy atom. The fourth-order valence-corrected chi connectivity index (χ4v) is 3.33. The molecule has 0 aliphatic heterocycles. The highest BCUT2D eigenvalue weighted by molar-refractivity contribution is 8.35. The molecule has 0 amide bonds. The molecule has 2 N–H and O–H groups in total. The standard InChI is InChI=1S/C16H16O5S/c1-11-5-3-7-13(9-11)15(17)22(19,20,21)16(18)14-8-4-6-12(2)10-14/h3-10H,1-2H3,(H2,19,20,21). The molecule has 0 spiro atoms. The van der Waals surface area contributed by atoms with Crippen molar-refractivity contribution < 1.29 is 22.9 Å². The topological polar surface area (TPSA) is 91.7 Å². The highest BCUT2D eigenvalue weighted by Gasteiger charge is 2.49. The van der Waals surface area contributed by atoms with Crippen LogP contribution in [0.25, 0.3) is 0 Å². The Hall–Kier alpha value is -2.15. The van der Waals surface area contributed by atoms with Gasteiger partial charge in [-0.2, -0.15) is 0 Å². The summed E-state index contributed by atoms with van der Waals surface area (Å²) in [6, 6.07) is 11.6. The van der Waals surface area contributed by atoms with Gasteiger partial charge in [-0.1, -0.05) is 47.5 Å². The van der Waals surface area contributed by atoms with Crippen molar-refractivity contribution in [1.29, 1.82) is 0 Å². The minimum atomic E-state index is -6.17. The zero-order valence-electron chi connectivity index (χ0n) is 12.1. The van der Waals surface area contributed by atoms with E-state index in [1.807, 2.05) is 0 Å². The number of rotatable bonds is 2. The van der Waals surface area contributed by atoms with Crippen LogP contribution < -0.4 is 0 Å². The van der Waals surface area contributed by atoms with Crippen molar-refractivity contribution in [2.45, 2.75) is 13.8 Å². The number of benzene rings is 2. The first kappa shape index (κ1) is 16.2. The van der Waals surface area contributed by atoms with Crippen molar-refractivity contribution in [3.05, 3.63) is 70.8 Å². The molecule has 22 heavy (non-hydrogen) atoms. The van der Waals surface area contributed by atoms with Crippen molar-refractivity contribution >= 4 is 19.9 Å². The molecule has 2 aromatic rings. The van der Waals surface area contributed by atoms with E-state index in [2.05, 4.69) is 0 Å². The zero-order valence-corrected chi connectivity index (χ0v) is 13.0. The number of carbonyl (C=O) groups excluding carboxylic acids is 2. The molecule has 0 aliphatic rings. The summed E-state index contributed by atoms with van der Waals surface area (Å²) in [5.41, 5.74) is 0.944. The Balaban J connectivity index is 2.52. The molecule has 2 aromatic carbocycles. The monoisotopic (exact) mass is 320 g/mol. The second-order valence-electron chi connectivity index (χ2n) is 5.18. The maximum Gasteiger partial charge on any atom is 0.280 e. The Bertz CT molecular complexity index is 768. The summed E-state index contributed by atoms with van der Waals surface area (Å²) in [6.45, 7) is 3.37. The van der Waals surface area contributed by atoms with Crippen molar-refractivity contribution in [3.8, 4) is 0 Å². The van der Waals surface area contributed by atoms with Gasteiger partial charge in [-0.05, 0) is 26.0 Å². The van der Waals surface area contributed by atoms with Gasteiger partial charge in [-0.3, -0.25) is 18.7 Å². The fraction of sp³-hybridized carbons (Fsp3) is 0.125. The average molecular weight is 320 g/mol. The second-order valence-corrected chi connectivity index (χ2v) is 7.65. The van der Waals surface area contributed by atoms with Crippen molar-refractivity contribution in [1.82, 2.24) is 0 Å². The molecule has 0 fully saturated rings. The molecule has 0 saturated carbocycles. The quantitative estimate of drug-likeness (QED) is 0.887. The first-order valence-electron chi connectivity index (χ1n) is 6.49. The molecular weight excluding hydrogens is 304 g/mol. The summed E-state index contributed by atoms with van der Waals surface area (Å²) in [5.74, 6) is 0. The van der Waals surface area contributed by atoms with Crippen molar-refractivity contribution in [2.75, 3.05) is 0 Å². The lowest BCUT2D eigenvalue weighted by Gasteiger charge is -2.27. The van der Waals surface area contributed by atoms with Gasteiger partial charge in [0.15, 0.2) is 0 Å². The van der Waals surface area contributed by atoms with E-state index in [-0.39, 0.29) is 11.1 Å². The highest BCUT2D eigenvalue weighted by Crippen LogP contribution is 2.28. The lowest BCUT2D eigenvalue weighted by atomic mass is 10.1. The molecule has 0 unspecified atom stereocenters. The minimum absolute atomic E-state index is 0.192. The van der Waals surface area contributed by atoms with E-state index >= 15 is 0 Å². The summed E-state index contributed by atoms with van der Waals surface area (Å²) in [6.07, 6.45) is 0. The number of aryl methyl sites for hydroxylation is 2. The minimum Gasteiger partial charge on any atom is -0.296 e. The maximum absolute atomic E-state index is 12.4. The van der Waals surface area contributed by atoms with E-state index in [1.54, 1.807) is 26.0 Å². The van der Waals surface area contributed by atoms with Crippen LogP contribution in [0.2, 0.25) is 0 Å². The van der Waals surface area contributed by atoms with E-state index in [0.717, 1.165) is 0 Å². The summed E-state index contributed by atoms with van der Waals surface area (Å²) in [7, 11) is -6.17. The third-order valence-electron chi connectivity index (χ3n) is 3.18. The molecule has 5 nitrogen and oxygen atoms in total. The van der Waals surface area contributed by atoms with Gasteiger partial charge in [0.2, 0.25) is 9.63 Å². The molecule has 0 aliphatic carbocycles. The lowest BCUT2D eigenvalue weighted by Crippen LogP contribution is -2.47. The third kappa shape index (κ3) is 2.89. The van der Waals surface area contributed by atoms with E-state index in [4.69, 9.17) is 0 Å². The van der Waals surface area contributed by atoms with Crippen molar-refractivity contribution in [3.63, 3.8) is 0 Å². The molecule has 6 heteroatoms. The van der Waals surface area contributed by atoms with Gasteiger partial charge in [-0.15, -0.1) is 0 Å². The predicted octanol–water partition coefficient (Wildman–Crippen LogP) is 3.05. The normalized spacial score (nSPS) is 13.2. The largest absolute Gasteiger partial charge is 0.296 e. The summed E-state index contributed by atoms with van der Waals surface area (Å²) in [4.78, 5) is 24.5. The van der Waals surface area contributed by atoms with Gasteiger partial charge < -0.3 is 0 Å². The van der Waals surface area contributed by atoms with Crippen LogP contribution in [0.1, 0.15) is 31.8 Å². The molecular formula is C16H16O5S.